The predicted octanol–water partition coefficient (Wildman–Crippen LogP) is 6.48. The quantitative estimate of drug-likeness (QED) is 0.129. The first kappa shape index (κ1) is 30.0. The van der Waals surface area contributed by atoms with E-state index >= 15 is 4.55 Å². The van der Waals surface area contributed by atoms with Crippen molar-refractivity contribution >= 4 is 23.2 Å². The van der Waals surface area contributed by atoms with Gasteiger partial charge >= 0.3 is 12.1 Å². The van der Waals surface area contributed by atoms with Gasteiger partial charge < -0.3 is 14.0 Å². The third-order valence-electron chi connectivity index (χ3n) is 6.10. The number of benzene rings is 3. The Bertz CT molecular complexity index is 1130. The van der Waals surface area contributed by atoms with Crippen LogP contribution in [0, 0.1) is 0 Å². The first-order valence-electron chi connectivity index (χ1n) is 13.0. The molecule has 0 saturated heterocycles. The molecule has 0 radical (unpaired) electrons. The molecule has 3 aromatic carbocycles. The molecule has 1 unspecified atom stereocenters. The lowest BCUT2D eigenvalue weighted by Crippen LogP contribution is -2.66. The van der Waals surface area contributed by atoms with Gasteiger partial charge in [0.15, 0.2) is 0 Å². The maximum atomic E-state index is 15.5. The molecule has 0 aliphatic rings. The van der Waals surface area contributed by atoms with Crippen LogP contribution in [0.1, 0.15) is 57.2 Å². The highest BCUT2D eigenvalue weighted by molar-refractivity contribution is 7.95. The Morgan fingerprint density at radius 1 is 0.872 bits per heavy atom. The van der Waals surface area contributed by atoms with Crippen molar-refractivity contribution in [2.24, 2.45) is 0 Å². The zero-order chi connectivity index (χ0) is 28.5. The molecule has 3 rings (SSSR count). The number of ether oxygens (including phenoxy) is 2. The van der Waals surface area contributed by atoms with E-state index in [0.717, 1.165) is 0 Å². The van der Waals surface area contributed by atoms with Crippen LogP contribution < -0.4 is 5.32 Å². The van der Waals surface area contributed by atoms with Crippen LogP contribution in [0.15, 0.2) is 104 Å². The lowest BCUT2D eigenvalue weighted by molar-refractivity contribution is -0.147. The fourth-order valence-electron chi connectivity index (χ4n) is 4.60. The molecule has 39 heavy (non-hydrogen) atoms. The monoisotopic (exact) mass is 547 g/mol. The number of nitrogens with one attached hydrogen (secondary N) is 1. The molecule has 1 amide bonds. The van der Waals surface area contributed by atoms with Crippen molar-refractivity contribution < 1.29 is 23.6 Å². The van der Waals surface area contributed by atoms with Crippen LogP contribution in [-0.4, -0.2) is 33.7 Å². The molecule has 0 spiro atoms. The summed E-state index contributed by atoms with van der Waals surface area (Å²) in [6, 6.07) is 28.2. The highest BCUT2D eigenvalue weighted by atomic mass is 32.2. The standard InChI is InChI=1S/C32H37NO5S/c1-6-23-31(28(34)37-24-7-2,33-29(35)38-30(3,4)5)39(36)32(25-17-11-8-12-18-25,26-19-13-9-14-20-26)27-21-15-10-16-22-27/h7-22H,2,6,23-24H2,1,3-5H3,(H,33,35)/t31-,39?/m0/s1. The van der Waals surface area contributed by atoms with Gasteiger partial charge in [-0.15, -0.1) is 0 Å². The summed E-state index contributed by atoms with van der Waals surface area (Å²) in [5, 5.41) is 2.74. The first-order valence-corrected chi connectivity index (χ1v) is 14.1. The normalized spacial score (nSPS) is 14.0. The summed E-state index contributed by atoms with van der Waals surface area (Å²) in [5.41, 5.74) is 1.25. The smallest absolute Gasteiger partial charge is 0.412 e. The fourth-order valence-corrected chi connectivity index (χ4v) is 6.95. The molecular weight excluding hydrogens is 510 g/mol. The molecule has 7 heteroatoms. The zero-order valence-corrected chi connectivity index (χ0v) is 23.8. The van der Waals surface area contributed by atoms with E-state index in [1.54, 1.807) is 20.8 Å². The van der Waals surface area contributed by atoms with Gasteiger partial charge in [0.25, 0.3) is 4.87 Å². The molecule has 0 aliphatic heterocycles. The predicted molar refractivity (Wildman–Crippen MR) is 156 cm³/mol. The van der Waals surface area contributed by atoms with Gasteiger partial charge in [-0.1, -0.05) is 111 Å². The number of alkyl carbamates (subject to hydrolysis) is 1. The van der Waals surface area contributed by atoms with Crippen LogP contribution in [0.5, 0.6) is 0 Å². The maximum absolute atomic E-state index is 15.5. The molecule has 6 nitrogen and oxygen atoms in total. The zero-order valence-electron chi connectivity index (χ0n) is 23.0. The summed E-state index contributed by atoms with van der Waals surface area (Å²) in [4.78, 5) is 25.3. The highest BCUT2D eigenvalue weighted by Gasteiger charge is 2.63. The van der Waals surface area contributed by atoms with Crippen LogP contribution in [0.2, 0.25) is 0 Å². The summed E-state index contributed by atoms with van der Waals surface area (Å²) in [6.07, 6.45) is 1.05. The van der Waals surface area contributed by atoms with Gasteiger partial charge in [-0.05, 0) is 27.2 Å². The van der Waals surface area contributed by atoms with Crippen LogP contribution >= 0.6 is 0 Å². The summed E-state index contributed by atoms with van der Waals surface area (Å²) in [5.74, 6) is -0.819. The summed E-state index contributed by atoms with van der Waals surface area (Å²) < 4.78 is 25.2. The number of hydrogen-bond donors (Lipinski definition) is 1. The summed E-state index contributed by atoms with van der Waals surface area (Å²) in [7, 11) is 0. The number of hydrogen-bond acceptors (Lipinski definition) is 5. The van der Waals surface area contributed by atoms with Crippen molar-refractivity contribution in [2.75, 3.05) is 6.61 Å². The molecule has 0 saturated carbocycles. The molecular formula is C32H37NO5S. The van der Waals surface area contributed by atoms with Crippen molar-refractivity contribution in [1.29, 1.82) is 0 Å². The van der Waals surface area contributed by atoms with Crippen LogP contribution in [-0.2, 0) is 30.2 Å². The van der Waals surface area contributed by atoms with E-state index in [1.807, 2.05) is 97.9 Å². The van der Waals surface area contributed by atoms with Crippen molar-refractivity contribution in [3.8, 4) is 0 Å². The van der Waals surface area contributed by atoms with Crippen LogP contribution in [0.4, 0.5) is 4.79 Å². The topological polar surface area (TPSA) is 87.7 Å². The van der Waals surface area contributed by atoms with E-state index in [2.05, 4.69) is 11.9 Å². The summed E-state index contributed by atoms with van der Waals surface area (Å²) >= 11 is -2.17. The minimum Gasteiger partial charge on any atom is -0.613 e. The Hall–Kier alpha value is -3.55. The Balaban J connectivity index is 2.40. The Labute approximate surface area is 234 Å². The van der Waals surface area contributed by atoms with Crippen molar-refractivity contribution in [2.45, 2.75) is 55.8 Å². The minimum absolute atomic E-state index is 0.0447. The van der Waals surface area contributed by atoms with E-state index in [4.69, 9.17) is 9.47 Å². The minimum atomic E-state index is -2.17. The van der Waals surface area contributed by atoms with Crippen LogP contribution in [0.3, 0.4) is 0 Å². The van der Waals surface area contributed by atoms with Crippen LogP contribution in [0.25, 0.3) is 0 Å². The number of rotatable bonds is 11. The SMILES string of the molecule is C=CCOC(=O)[C@@](CCC)(NC(=O)OC(C)(C)C)[S+]([O-])C(c1ccccc1)(c1ccccc1)c1ccccc1. The fraction of sp³-hybridized carbons (Fsp3) is 0.312. The molecule has 206 valence electrons. The van der Waals surface area contributed by atoms with E-state index in [1.165, 1.54) is 6.08 Å². The van der Waals surface area contributed by atoms with Crippen molar-refractivity contribution in [3.63, 3.8) is 0 Å². The number of carbonyl (C=O) groups excluding carboxylic acids is 2. The highest BCUT2D eigenvalue weighted by Crippen LogP contribution is 2.49. The molecule has 0 aliphatic carbocycles. The molecule has 1 N–H and O–H groups in total. The van der Waals surface area contributed by atoms with Gasteiger partial charge in [-0.2, -0.15) is 0 Å². The van der Waals surface area contributed by atoms with Crippen molar-refractivity contribution in [1.82, 2.24) is 5.32 Å². The third kappa shape index (κ3) is 6.54. The van der Waals surface area contributed by atoms with E-state index in [-0.39, 0.29) is 13.0 Å². The van der Waals surface area contributed by atoms with Gasteiger partial charge in [0, 0.05) is 34.3 Å². The average molecular weight is 548 g/mol. The largest absolute Gasteiger partial charge is 0.613 e. The van der Waals surface area contributed by atoms with E-state index in [0.29, 0.717) is 23.1 Å². The molecule has 2 atom stereocenters. The summed E-state index contributed by atoms with van der Waals surface area (Å²) in [6.45, 7) is 10.6. The third-order valence-corrected chi connectivity index (χ3v) is 8.47. The van der Waals surface area contributed by atoms with Gasteiger partial charge in [0.05, 0.1) is 0 Å². The molecule has 0 aromatic heterocycles. The second-order valence-corrected chi connectivity index (χ2v) is 12.0. The van der Waals surface area contributed by atoms with E-state index in [9.17, 15) is 9.59 Å². The van der Waals surface area contributed by atoms with Gasteiger partial charge in [0.2, 0.25) is 4.75 Å². The Morgan fingerprint density at radius 2 is 1.31 bits per heavy atom. The average Bonchev–Trinajstić information content (AvgIpc) is 2.92. The number of esters is 1. The lowest BCUT2D eigenvalue weighted by atomic mass is 9.84. The first-order chi connectivity index (χ1) is 18.6. The second-order valence-electron chi connectivity index (χ2n) is 10.1. The Kier molecular flexibility index (Phi) is 10.0. The second kappa shape index (κ2) is 13.0. The lowest BCUT2D eigenvalue weighted by Gasteiger charge is -2.45. The van der Waals surface area contributed by atoms with Gasteiger partial charge in [-0.25, -0.2) is 9.59 Å². The number of amides is 1. The maximum Gasteiger partial charge on any atom is 0.412 e. The Morgan fingerprint density at radius 3 is 1.67 bits per heavy atom. The number of carbonyl (C=O) groups is 2. The van der Waals surface area contributed by atoms with Crippen molar-refractivity contribution in [3.05, 3.63) is 120 Å². The van der Waals surface area contributed by atoms with Gasteiger partial charge in [0.1, 0.15) is 12.2 Å². The van der Waals surface area contributed by atoms with Gasteiger partial charge in [-0.3, -0.25) is 5.32 Å². The van der Waals surface area contributed by atoms with E-state index < -0.39 is 38.5 Å². The molecule has 0 heterocycles. The molecule has 3 aromatic rings. The molecule has 0 bridgehead atoms. The molecule has 0 fully saturated rings.